The summed E-state index contributed by atoms with van der Waals surface area (Å²) in [5.74, 6) is 0. The van der Waals surface area contributed by atoms with Crippen LogP contribution in [0.1, 0.15) is 28.4 Å². The number of hydrogen-bond acceptors (Lipinski definition) is 1. The fourth-order valence-electron chi connectivity index (χ4n) is 3.84. The monoisotopic (exact) mass is 409 g/mol. The molecule has 2 amide bonds. The second kappa shape index (κ2) is 9.35. The van der Waals surface area contributed by atoms with Gasteiger partial charge in [0.05, 0.1) is 12.6 Å². The Bertz CT molecular complexity index is 1100. The summed E-state index contributed by atoms with van der Waals surface area (Å²) in [7, 11) is 2.01. The number of anilines is 1. The van der Waals surface area contributed by atoms with Crippen molar-refractivity contribution < 1.29 is 4.79 Å². The lowest BCUT2D eigenvalue weighted by molar-refractivity contribution is 0.193. The van der Waals surface area contributed by atoms with Crippen LogP contribution in [-0.4, -0.2) is 15.5 Å². The van der Waals surface area contributed by atoms with E-state index in [1.165, 1.54) is 0 Å². The first kappa shape index (κ1) is 20.5. The van der Waals surface area contributed by atoms with Crippen molar-refractivity contribution in [1.82, 2.24) is 9.47 Å². The van der Waals surface area contributed by atoms with Gasteiger partial charge in [0.2, 0.25) is 0 Å². The molecule has 0 fully saturated rings. The molecule has 3 aromatic carbocycles. The van der Waals surface area contributed by atoms with E-state index in [1.807, 2.05) is 91.8 Å². The Kier molecular flexibility index (Phi) is 6.18. The molecule has 0 aliphatic rings. The number of rotatable bonds is 6. The average Bonchev–Trinajstić information content (AvgIpc) is 3.21. The zero-order valence-corrected chi connectivity index (χ0v) is 17.9. The fraction of sp³-hybridized carbons (Fsp3) is 0.148. The molecule has 156 valence electrons. The van der Waals surface area contributed by atoms with E-state index in [0.29, 0.717) is 6.54 Å². The third kappa shape index (κ3) is 4.69. The lowest BCUT2D eigenvalue weighted by Crippen LogP contribution is -2.38. The maximum atomic E-state index is 13.7. The summed E-state index contributed by atoms with van der Waals surface area (Å²) in [6.45, 7) is 2.48. The van der Waals surface area contributed by atoms with Crippen LogP contribution in [0.2, 0.25) is 0 Å². The van der Waals surface area contributed by atoms with Crippen LogP contribution in [0.5, 0.6) is 0 Å². The highest BCUT2D eigenvalue weighted by molar-refractivity contribution is 5.90. The van der Waals surface area contributed by atoms with Gasteiger partial charge in [0, 0.05) is 24.6 Å². The fourth-order valence-corrected chi connectivity index (χ4v) is 3.84. The number of carbonyl (C=O) groups is 1. The van der Waals surface area contributed by atoms with E-state index in [2.05, 4.69) is 40.2 Å². The van der Waals surface area contributed by atoms with Crippen LogP contribution in [0.4, 0.5) is 10.5 Å². The molecule has 0 aliphatic carbocycles. The number of para-hydroxylation sites is 1. The van der Waals surface area contributed by atoms with Gasteiger partial charge < -0.3 is 14.8 Å². The Morgan fingerprint density at radius 3 is 1.97 bits per heavy atom. The summed E-state index contributed by atoms with van der Waals surface area (Å²) in [5, 5.41) is 3.14. The van der Waals surface area contributed by atoms with E-state index in [9.17, 15) is 4.79 Å². The van der Waals surface area contributed by atoms with Crippen molar-refractivity contribution in [2.24, 2.45) is 7.05 Å². The molecule has 0 bridgehead atoms. The summed E-state index contributed by atoms with van der Waals surface area (Å²) in [6.07, 6.45) is 2.01. The predicted octanol–water partition coefficient (Wildman–Crippen LogP) is 6.16. The Morgan fingerprint density at radius 1 is 0.839 bits per heavy atom. The Balaban J connectivity index is 1.78. The topological polar surface area (TPSA) is 37.3 Å². The molecular formula is C27H27N3O. The molecule has 4 rings (SSSR count). The average molecular weight is 410 g/mol. The van der Waals surface area contributed by atoms with Gasteiger partial charge in [-0.15, -0.1) is 0 Å². The van der Waals surface area contributed by atoms with E-state index < -0.39 is 0 Å². The van der Waals surface area contributed by atoms with Crippen molar-refractivity contribution in [3.8, 4) is 0 Å². The number of carbonyl (C=O) groups excluding carboxylic acids is 1. The molecule has 0 unspecified atom stereocenters. The molecule has 0 aliphatic heterocycles. The van der Waals surface area contributed by atoms with E-state index in [0.717, 1.165) is 28.1 Å². The van der Waals surface area contributed by atoms with Gasteiger partial charge in [0.15, 0.2) is 0 Å². The lowest BCUT2D eigenvalue weighted by atomic mass is 9.97. The molecule has 31 heavy (non-hydrogen) atoms. The first-order valence-corrected chi connectivity index (χ1v) is 10.5. The Labute approximate surface area is 183 Å². The minimum absolute atomic E-state index is 0.131. The molecule has 4 nitrogen and oxygen atoms in total. The normalized spacial score (nSPS) is 10.8. The van der Waals surface area contributed by atoms with Gasteiger partial charge in [-0.1, -0.05) is 78.9 Å². The highest BCUT2D eigenvalue weighted by Crippen LogP contribution is 2.31. The van der Waals surface area contributed by atoms with Crippen LogP contribution in [0, 0.1) is 6.92 Å². The molecule has 1 aromatic heterocycles. The number of amides is 2. The first-order valence-electron chi connectivity index (χ1n) is 10.5. The minimum Gasteiger partial charge on any atom is -0.353 e. The van der Waals surface area contributed by atoms with Crippen molar-refractivity contribution in [1.29, 1.82) is 0 Å². The summed E-state index contributed by atoms with van der Waals surface area (Å²) in [5.41, 5.74) is 5.07. The van der Waals surface area contributed by atoms with Crippen LogP contribution in [-0.2, 0) is 13.6 Å². The Morgan fingerprint density at radius 2 is 1.42 bits per heavy atom. The van der Waals surface area contributed by atoms with Crippen LogP contribution < -0.4 is 5.32 Å². The number of benzene rings is 3. The lowest BCUT2D eigenvalue weighted by Gasteiger charge is -2.33. The van der Waals surface area contributed by atoms with Crippen molar-refractivity contribution in [3.05, 3.63) is 126 Å². The predicted molar refractivity (Wildman–Crippen MR) is 126 cm³/mol. The van der Waals surface area contributed by atoms with Crippen molar-refractivity contribution in [2.75, 3.05) is 5.32 Å². The molecule has 0 spiro atoms. The third-order valence-electron chi connectivity index (χ3n) is 5.57. The van der Waals surface area contributed by atoms with Gasteiger partial charge in [0.25, 0.3) is 0 Å². The zero-order valence-electron chi connectivity index (χ0n) is 17.9. The molecule has 4 heteroatoms. The van der Waals surface area contributed by atoms with Crippen LogP contribution in [0.15, 0.2) is 103 Å². The largest absolute Gasteiger partial charge is 0.353 e. The molecule has 0 saturated carbocycles. The maximum Gasteiger partial charge on any atom is 0.322 e. The molecule has 4 aromatic rings. The van der Waals surface area contributed by atoms with E-state index in [1.54, 1.807) is 0 Å². The maximum absolute atomic E-state index is 13.7. The van der Waals surface area contributed by atoms with Gasteiger partial charge in [0.1, 0.15) is 0 Å². The van der Waals surface area contributed by atoms with Gasteiger partial charge >= 0.3 is 6.03 Å². The van der Waals surface area contributed by atoms with Gasteiger partial charge in [-0.3, -0.25) is 0 Å². The summed E-state index contributed by atoms with van der Waals surface area (Å²) >= 11 is 0. The number of nitrogens with zero attached hydrogens (tertiary/aromatic N) is 2. The van der Waals surface area contributed by atoms with Crippen molar-refractivity contribution in [3.63, 3.8) is 0 Å². The zero-order chi connectivity index (χ0) is 21.6. The summed E-state index contributed by atoms with van der Waals surface area (Å²) in [6, 6.07) is 32.0. The van der Waals surface area contributed by atoms with E-state index in [4.69, 9.17) is 0 Å². The summed E-state index contributed by atoms with van der Waals surface area (Å²) < 4.78 is 2.06. The van der Waals surface area contributed by atoms with E-state index >= 15 is 0 Å². The quantitative estimate of drug-likeness (QED) is 0.407. The molecule has 0 radical (unpaired) electrons. The van der Waals surface area contributed by atoms with Crippen molar-refractivity contribution in [2.45, 2.75) is 19.5 Å². The second-order valence-electron chi connectivity index (χ2n) is 7.71. The molecule has 0 saturated heterocycles. The number of hydrogen-bond donors (Lipinski definition) is 1. The number of aromatic nitrogens is 1. The minimum atomic E-state index is -0.221. The number of urea groups is 1. The highest BCUT2D eigenvalue weighted by atomic mass is 16.2. The SMILES string of the molecule is Cc1ccccc1NC(=O)N(Cc1cccn1C)C(c1ccccc1)c1ccccc1. The second-order valence-corrected chi connectivity index (χ2v) is 7.71. The van der Waals surface area contributed by atoms with Crippen LogP contribution in [0.3, 0.4) is 0 Å². The Hall–Kier alpha value is -3.79. The molecule has 0 atom stereocenters. The molecular weight excluding hydrogens is 382 g/mol. The summed E-state index contributed by atoms with van der Waals surface area (Å²) in [4.78, 5) is 15.6. The molecule has 1 N–H and O–H groups in total. The number of aryl methyl sites for hydroxylation is 2. The highest BCUT2D eigenvalue weighted by Gasteiger charge is 2.28. The van der Waals surface area contributed by atoms with E-state index in [-0.39, 0.29) is 12.1 Å². The number of nitrogens with one attached hydrogen (secondary N) is 1. The van der Waals surface area contributed by atoms with Crippen molar-refractivity contribution >= 4 is 11.7 Å². The third-order valence-corrected chi connectivity index (χ3v) is 5.57. The first-order chi connectivity index (χ1) is 15.1. The standard InChI is InChI=1S/C27H27N3O/c1-21-12-9-10-18-25(21)28-27(31)30(20-24-17-11-19-29(24)2)26(22-13-5-3-6-14-22)23-15-7-4-8-16-23/h3-19,26H,20H2,1-2H3,(H,28,31). The smallest absolute Gasteiger partial charge is 0.322 e. The van der Waals surface area contributed by atoms with Gasteiger partial charge in [-0.2, -0.15) is 0 Å². The van der Waals surface area contributed by atoms with Crippen LogP contribution in [0.25, 0.3) is 0 Å². The van der Waals surface area contributed by atoms with Crippen LogP contribution >= 0.6 is 0 Å². The van der Waals surface area contributed by atoms with Gasteiger partial charge in [-0.25, -0.2) is 4.79 Å². The molecule has 1 heterocycles. The van der Waals surface area contributed by atoms with Gasteiger partial charge in [-0.05, 0) is 41.8 Å².